The van der Waals surface area contributed by atoms with Crippen LogP contribution in [0.15, 0.2) is 23.3 Å². The van der Waals surface area contributed by atoms with Crippen LogP contribution in [0.5, 0.6) is 5.75 Å². The van der Waals surface area contributed by atoms with Crippen molar-refractivity contribution in [3.05, 3.63) is 23.8 Å². The second-order valence-electron chi connectivity index (χ2n) is 2.55. The molecule has 0 aromatic heterocycles. The van der Waals surface area contributed by atoms with Crippen LogP contribution < -0.4 is 16.9 Å². The van der Waals surface area contributed by atoms with Gasteiger partial charge in [-0.25, -0.2) is 10.2 Å². The molecule has 0 atom stereocenters. The van der Waals surface area contributed by atoms with Crippen LogP contribution in [0.2, 0.25) is 0 Å². The number of amides is 2. The molecule has 2 amide bonds. The number of nitrogens with two attached hydrogens (primary N) is 2. The van der Waals surface area contributed by atoms with Crippen LogP contribution in [0.1, 0.15) is 5.56 Å². The van der Waals surface area contributed by atoms with E-state index in [9.17, 15) is 9.90 Å². The van der Waals surface area contributed by atoms with Gasteiger partial charge in [-0.1, -0.05) is 0 Å². The third-order valence-electron chi connectivity index (χ3n) is 1.43. The number of carbonyl (C=O) groups is 1. The van der Waals surface area contributed by atoms with Crippen LogP contribution >= 0.6 is 0 Å². The van der Waals surface area contributed by atoms with Crippen molar-refractivity contribution in [3.63, 3.8) is 0 Å². The van der Waals surface area contributed by atoms with Gasteiger partial charge in [0.15, 0.2) is 0 Å². The van der Waals surface area contributed by atoms with Crippen molar-refractivity contribution in [1.82, 2.24) is 5.43 Å². The Bertz CT molecular complexity index is 376. The van der Waals surface area contributed by atoms with Crippen LogP contribution in [-0.2, 0) is 0 Å². The molecule has 0 spiro atoms. The Balaban J connectivity index is 2.80. The number of nitrogens with zero attached hydrogens (tertiary/aromatic N) is 1. The SMILES string of the molecule is NC(=O)N/N=C/c1cc(N)ccc1O. The number of primary amides is 1. The van der Waals surface area contributed by atoms with E-state index in [-0.39, 0.29) is 5.75 Å². The Morgan fingerprint density at radius 1 is 1.57 bits per heavy atom. The maximum absolute atomic E-state index is 10.3. The molecule has 0 saturated heterocycles. The van der Waals surface area contributed by atoms with Crippen LogP contribution in [0.4, 0.5) is 10.5 Å². The van der Waals surface area contributed by atoms with Crippen molar-refractivity contribution in [1.29, 1.82) is 0 Å². The Morgan fingerprint density at radius 2 is 2.29 bits per heavy atom. The maximum atomic E-state index is 10.3. The first-order chi connectivity index (χ1) is 6.59. The van der Waals surface area contributed by atoms with E-state index in [1.165, 1.54) is 18.3 Å². The monoisotopic (exact) mass is 194 g/mol. The summed E-state index contributed by atoms with van der Waals surface area (Å²) in [6.07, 6.45) is 1.25. The molecule has 14 heavy (non-hydrogen) atoms. The van der Waals surface area contributed by atoms with Gasteiger partial charge in [-0.3, -0.25) is 0 Å². The number of nitrogens with one attached hydrogen (secondary N) is 1. The number of rotatable bonds is 2. The van der Waals surface area contributed by atoms with Crippen LogP contribution in [0.3, 0.4) is 0 Å². The lowest BCUT2D eigenvalue weighted by molar-refractivity contribution is 0.249. The van der Waals surface area contributed by atoms with E-state index in [1.54, 1.807) is 6.07 Å². The smallest absolute Gasteiger partial charge is 0.332 e. The van der Waals surface area contributed by atoms with Crippen molar-refractivity contribution in [2.75, 3.05) is 5.73 Å². The fraction of sp³-hybridized carbons (Fsp3) is 0. The molecule has 0 heterocycles. The molecule has 1 rings (SSSR count). The number of carbonyl (C=O) groups excluding carboxylic acids is 1. The van der Waals surface area contributed by atoms with Gasteiger partial charge >= 0.3 is 6.03 Å². The Hall–Kier alpha value is -2.24. The number of anilines is 1. The molecule has 0 aliphatic carbocycles. The van der Waals surface area contributed by atoms with E-state index < -0.39 is 6.03 Å². The van der Waals surface area contributed by atoms with Gasteiger partial charge in [0.05, 0.1) is 6.21 Å². The van der Waals surface area contributed by atoms with Crippen molar-refractivity contribution in [2.24, 2.45) is 10.8 Å². The largest absolute Gasteiger partial charge is 0.507 e. The number of benzene rings is 1. The quantitative estimate of drug-likeness (QED) is 0.229. The molecule has 0 radical (unpaired) electrons. The number of aromatic hydroxyl groups is 1. The minimum absolute atomic E-state index is 0.0224. The first kappa shape index (κ1) is 9.85. The van der Waals surface area contributed by atoms with Crippen LogP contribution in [-0.4, -0.2) is 17.4 Å². The standard InChI is InChI=1S/C8H10N4O2/c9-6-1-2-7(13)5(3-6)4-11-12-8(10)14/h1-4,13H,9H2,(H3,10,12,14)/b11-4+. The van der Waals surface area contributed by atoms with Crippen molar-refractivity contribution in [2.45, 2.75) is 0 Å². The fourth-order valence-electron chi connectivity index (χ4n) is 0.842. The van der Waals surface area contributed by atoms with Crippen molar-refractivity contribution >= 4 is 17.9 Å². The first-order valence-electron chi connectivity index (χ1n) is 3.76. The van der Waals surface area contributed by atoms with Gasteiger partial charge in [0, 0.05) is 11.3 Å². The van der Waals surface area contributed by atoms with Crippen LogP contribution in [0, 0.1) is 0 Å². The molecule has 0 fully saturated rings. The molecule has 6 N–H and O–H groups in total. The minimum Gasteiger partial charge on any atom is -0.507 e. The normalized spacial score (nSPS) is 10.3. The summed E-state index contributed by atoms with van der Waals surface area (Å²) in [6, 6.07) is 3.72. The lowest BCUT2D eigenvalue weighted by Gasteiger charge is -1.99. The van der Waals surface area contributed by atoms with E-state index in [0.29, 0.717) is 11.3 Å². The number of urea groups is 1. The highest BCUT2D eigenvalue weighted by molar-refractivity contribution is 5.85. The summed E-state index contributed by atoms with van der Waals surface area (Å²) in [6.45, 7) is 0. The van der Waals surface area contributed by atoms with Gasteiger partial charge in [0.25, 0.3) is 0 Å². The average molecular weight is 194 g/mol. The molecule has 0 unspecified atom stereocenters. The number of phenols is 1. The van der Waals surface area contributed by atoms with E-state index >= 15 is 0 Å². The highest BCUT2D eigenvalue weighted by Gasteiger charge is 1.97. The highest BCUT2D eigenvalue weighted by Crippen LogP contribution is 2.17. The molecule has 0 aliphatic rings. The maximum Gasteiger partial charge on any atom is 0.332 e. The number of hydrogen-bond acceptors (Lipinski definition) is 4. The third-order valence-corrected chi connectivity index (χ3v) is 1.43. The second-order valence-corrected chi connectivity index (χ2v) is 2.55. The summed E-state index contributed by atoms with van der Waals surface area (Å²) < 4.78 is 0. The summed E-state index contributed by atoms with van der Waals surface area (Å²) in [5.41, 5.74) is 13.1. The molecule has 0 aliphatic heterocycles. The van der Waals surface area contributed by atoms with Gasteiger partial charge in [0.2, 0.25) is 0 Å². The molecule has 6 heteroatoms. The van der Waals surface area contributed by atoms with E-state index in [1.807, 2.05) is 5.43 Å². The predicted molar refractivity (Wildman–Crippen MR) is 52.8 cm³/mol. The molecule has 0 saturated carbocycles. The molecular weight excluding hydrogens is 184 g/mol. The lowest BCUT2D eigenvalue weighted by atomic mass is 10.2. The molecule has 74 valence electrons. The van der Waals surface area contributed by atoms with E-state index in [4.69, 9.17) is 11.5 Å². The zero-order valence-corrected chi connectivity index (χ0v) is 7.27. The Morgan fingerprint density at radius 3 is 2.93 bits per heavy atom. The molecule has 1 aromatic rings. The van der Waals surface area contributed by atoms with Crippen molar-refractivity contribution in [3.8, 4) is 5.75 Å². The molecule has 6 nitrogen and oxygen atoms in total. The summed E-state index contributed by atoms with van der Waals surface area (Å²) in [5, 5.41) is 12.8. The van der Waals surface area contributed by atoms with E-state index in [0.717, 1.165) is 0 Å². The predicted octanol–water partition coefficient (Wildman–Crippen LogP) is -0.0234. The van der Waals surface area contributed by atoms with Gasteiger partial charge in [-0.05, 0) is 18.2 Å². The molecular formula is C8H10N4O2. The van der Waals surface area contributed by atoms with Crippen LogP contribution in [0.25, 0.3) is 0 Å². The van der Waals surface area contributed by atoms with Gasteiger partial charge in [0.1, 0.15) is 5.75 Å². The average Bonchev–Trinajstić information content (AvgIpc) is 2.10. The molecule has 1 aromatic carbocycles. The van der Waals surface area contributed by atoms with E-state index in [2.05, 4.69) is 5.10 Å². The van der Waals surface area contributed by atoms with Gasteiger partial charge in [-0.15, -0.1) is 0 Å². The highest BCUT2D eigenvalue weighted by atomic mass is 16.3. The topological polar surface area (TPSA) is 114 Å². The molecule has 0 bridgehead atoms. The fourth-order valence-corrected chi connectivity index (χ4v) is 0.842. The third kappa shape index (κ3) is 2.67. The number of nitrogen functional groups attached to an aromatic ring is 1. The Labute approximate surface area is 80.2 Å². The number of phenolic OH excluding ortho intramolecular Hbond substituents is 1. The first-order valence-corrected chi connectivity index (χ1v) is 3.76. The summed E-state index contributed by atoms with van der Waals surface area (Å²) in [4.78, 5) is 10.3. The Kier molecular flexibility index (Phi) is 2.90. The lowest BCUT2D eigenvalue weighted by Crippen LogP contribution is -2.24. The second kappa shape index (κ2) is 4.13. The summed E-state index contributed by atoms with van der Waals surface area (Å²) in [5.74, 6) is 0.0224. The number of hydrogen-bond donors (Lipinski definition) is 4. The minimum atomic E-state index is -0.773. The zero-order valence-electron chi connectivity index (χ0n) is 7.27. The van der Waals surface area contributed by atoms with Gasteiger partial charge < -0.3 is 16.6 Å². The summed E-state index contributed by atoms with van der Waals surface area (Å²) >= 11 is 0. The van der Waals surface area contributed by atoms with Gasteiger partial charge in [-0.2, -0.15) is 5.10 Å². The summed E-state index contributed by atoms with van der Waals surface area (Å²) in [7, 11) is 0. The number of hydrazone groups is 1. The zero-order chi connectivity index (χ0) is 10.6. The van der Waals surface area contributed by atoms with Crippen molar-refractivity contribution < 1.29 is 9.90 Å².